The molecule has 19 heteroatoms. The fourth-order valence-corrected chi connectivity index (χ4v) is 8.35. The Balaban J connectivity index is 1.30. The number of benzene rings is 1. The summed E-state index contributed by atoms with van der Waals surface area (Å²) in [5, 5.41) is 21.0. The first-order chi connectivity index (χ1) is 27.7. The van der Waals surface area contributed by atoms with Gasteiger partial charge in [-0.05, 0) is 76.3 Å². The number of aliphatic carboxylic acids is 1. The van der Waals surface area contributed by atoms with Gasteiger partial charge < -0.3 is 52.5 Å². The molecule has 4 heterocycles. The zero-order chi connectivity index (χ0) is 41.9. The maximum Gasteiger partial charge on any atom is 0.326 e. The molecule has 0 aromatic heterocycles. The smallest absolute Gasteiger partial charge is 0.326 e. The number of carbonyl (C=O) groups excluding carboxylic acids is 8. The van der Waals surface area contributed by atoms with E-state index in [4.69, 9.17) is 11.5 Å². The van der Waals surface area contributed by atoms with Gasteiger partial charge in [0.15, 0.2) is 0 Å². The Labute approximate surface area is 336 Å². The summed E-state index contributed by atoms with van der Waals surface area (Å²) < 4.78 is 0. The van der Waals surface area contributed by atoms with Gasteiger partial charge in [0, 0.05) is 38.9 Å². The number of likely N-dealkylation sites (tertiary alicyclic amines) is 3. The Kier molecular flexibility index (Phi) is 15.2. The largest absolute Gasteiger partial charge is 0.480 e. The van der Waals surface area contributed by atoms with Crippen LogP contribution in [0.2, 0.25) is 0 Å². The minimum Gasteiger partial charge on any atom is -0.480 e. The number of carboxylic acids is 1. The predicted octanol–water partition coefficient (Wildman–Crippen LogP) is -1.98. The van der Waals surface area contributed by atoms with Crippen LogP contribution in [0.5, 0.6) is 0 Å². The number of nitrogens with two attached hydrogens (primary N) is 2. The van der Waals surface area contributed by atoms with Gasteiger partial charge in [0.1, 0.15) is 36.3 Å². The van der Waals surface area contributed by atoms with Crippen molar-refractivity contribution in [2.75, 3.05) is 26.2 Å². The molecule has 0 radical (unpaired) electrons. The number of nitrogens with one attached hydrogen (secondary N) is 4. The first-order valence-corrected chi connectivity index (χ1v) is 20.1. The molecule has 19 nitrogen and oxygen atoms in total. The van der Waals surface area contributed by atoms with Crippen molar-refractivity contribution in [1.82, 2.24) is 36.0 Å². The Morgan fingerprint density at radius 1 is 0.621 bits per heavy atom. The van der Waals surface area contributed by atoms with Crippen LogP contribution < -0.4 is 32.7 Å². The molecule has 5 rings (SSSR count). The molecule has 4 fully saturated rings. The lowest BCUT2D eigenvalue weighted by molar-refractivity contribution is -0.150. The third kappa shape index (κ3) is 11.1. The van der Waals surface area contributed by atoms with E-state index in [0.29, 0.717) is 32.2 Å². The summed E-state index contributed by atoms with van der Waals surface area (Å²) in [6.45, 7) is 1.17. The van der Waals surface area contributed by atoms with Crippen molar-refractivity contribution < 1.29 is 48.3 Å². The van der Waals surface area contributed by atoms with Gasteiger partial charge >= 0.3 is 5.97 Å². The van der Waals surface area contributed by atoms with Gasteiger partial charge in [-0.25, -0.2) is 4.79 Å². The number of carbonyl (C=O) groups is 9. The fraction of sp³-hybridized carbons (Fsp3) is 0.615. The van der Waals surface area contributed by atoms with Crippen LogP contribution in [0.15, 0.2) is 30.3 Å². The highest BCUT2D eigenvalue weighted by atomic mass is 16.4. The molecular weight excluding hydrogens is 754 g/mol. The molecule has 0 bridgehead atoms. The lowest BCUT2D eigenvalue weighted by Crippen LogP contribution is -2.59. The molecule has 1 aromatic rings. The van der Waals surface area contributed by atoms with Crippen molar-refractivity contribution in [3.8, 4) is 0 Å². The molecule has 0 saturated carbocycles. The quantitative estimate of drug-likeness (QED) is 0.0854. The van der Waals surface area contributed by atoms with E-state index in [9.17, 15) is 48.3 Å². The lowest BCUT2D eigenvalue weighted by atomic mass is 10.0. The Morgan fingerprint density at radius 3 is 1.53 bits per heavy atom. The standard InChI is InChI=1S/C39H55N9O10/c40-31(49)16-14-25(43-33(51)24-10-4-18-42-24)36(54)46-19-5-11-28(46)34(52)44-26(15-17-32(41)50)37(55)47-20-6-12-29(47)35(53)45-27(22-23-8-2-1-3-9-23)38(56)48-21-7-13-30(48)39(57)58/h1-3,8-9,24-30,42H,4-7,10-22H2,(H2,40,49)(H2,41,50)(H,43,51)(H,44,52)(H,45,53)(H,57,58)/t24-,25-,26-,27-,28-,29-,30-/m0/s1. The van der Waals surface area contributed by atoms with Crippen LogP contribution in [0, 0.1) is 0 Å². The Bertz CT molecular complexity index is 1720. The van der Waals surface area contributed by atoms with Crippen LogP contribution in [0.1, 0.15) is 82.6 Å². The van der Waals surface area contributed by atoms with Crippen molar-refractivity contribution in [2.45, 2.75) is 126 Å². The maximum atomic E-state index is 14.2. The highest BCUT2D eigenvalue weighted by Crippen LogP contribution is 2.24. The summed E-state index contributed by atoms with van der Waals surface area (Å²) in [4.78, 5) is 122. The molecule has 4 aliphatic rings. The monoisotopic (exact) mass is 809 g/mol. The number of rotatable bonds is 18. The summed E-state index contributed by atoms with van der Waals surface area (Å²) in [5.41, 5.74) is 11.5. The number of nitrogens with zero attached hydrogens (tertiary/aromatic N) is 3. The predicted molar refractivity (Wildman–Crippen MR) is 206 cm³/mol. The minimum atomic E-state index is -1.31. The van der Waals surface area contributed by atoms with Crippen LogP contribution in [0.3, 0.4) is 0 Å². The molecule has 0 aliphatic carbocycles. The van der Waals surface area contributed by atoms with Crippen LogP contribution in [-0.2, 0) is 49.6 Å². The first kappa shape index (κ1) is 43.5. The van der Waals surface area contributed by atoms with Crippen LogP contribution in [0.4, 0.5) is 0 Å². The summed E-state index contributed by atoms with van der Waals surface area (Å²) in [6, 6.07) is 1.74. The molecular formula is C39H55N9O10. The van der Waals surface area contributed by atoms with Gasteiger partial charge in [-0.1, -0.05) is 30.3 Å². The number of primary amides is 2. The molecule has 1 aromatic carbocycles. The van der Waals surface area contributed by atoms with Crippen LogP contribution in [0.25, 0.3) is 0 Å². The molecule has 7 atom stereocenters. The molecule has 58 heavy (non-hydrogen) atoms. The molecule has 8 amide bonds. The Morgan fingerprint density at radius 2 is 1.07 bits per heavy atom. The van der Waals surface area contributed by atoms with Crippen molar-refractivity contribution in [3.63, 3.8) is 0 Å². The van der Waals surface area contributed by atoms with Crippen molar-refractivity contribution >= 4 is 53.2 Å². The number of hydrogen-bond acceptors (Lipinski definition) is 10. The van der Waals surface area contributed by atoms with Gasteiger partial charge in [-0.2, -0.15) is 0 Å². The third-order valence-electron chi connectivity index (χ3n) is 11.4. The zero-order valence-corrected chi connectivity index (χ0v) is 32.6. The average molecular weight is 810 g/mol. The molecule has 316 valence electrons. The number of amides is 8. The van der Waals surface area contributed by atoms with Gasteiger partial charge in [-0.3, -0.25) is 38.4 Å². The topological polar surface area (TPSA) is 284 Å². The molecule has 4 aliphatic heterocycles. The fourth-order valence-electron chi connectivity index (χ4n) is 8.35. The van der Waals surface area contributed by atoms with Crippen molar-refractivity contribution in [3.05, 3.63) is 35.9 Å². The highest BCUT2D eigenvalue weighted by Gasteiger charge is 2.44. The van der Waals surface area contributed by atoms with E-state index in [1.54, 1.807) is 30.3 Å². The lowest BCUT2D eigenvalue weighted by Gasteiger charge is -2.33. The van der Waals surface area contributed by atoms with E-state index in [0.717, 1.165) is 12.0 Å². The van der Waals surface area contributed by atoms with Gasteiger partial charge in [0.25, 0.3) is 0 Å². The number of carboxylic acid groups (broad SMARTS) is 1. The zero-order valence-electron chi connectivity index (χ0n) is 32.6. The van der Waals surface area contributed by atoms with E-state index in [-0.39, 0.29) is 71.0 Å². The SMILES string of the molecule is NC(=O)CC[C@H](NC(=O)[C@@H]1CCCN1)C(=O)N1CCC[C@H]1C(=O)N[C@@H](CCC(N)=O)C(=O)N1CCC[C@H]1C(=O)N[C@@H](Cc1ccccc1)C(=O)N1CCC[C@H]1C(=O)O. The summed E-state index contributed by atoms with van der Waals surface area (Å²) in [7, 11) is 0. The second-order valence-electron chi connectivity index (χ2n) is 15.4. The average Bonchev–Trinajstić information content (AvgIpc) is 4.04. The van der Waals surface area contributed by atoms with Crippen LogP contribution >= 0.6 is 0 Å². The van der Waals surface area contributed by atoms with E-state index >= 15 is 0 Å². The van der Waals surface area contributed by atoms with Gasteiger partial charge in [0.05, 0.1) is 6.04 Å². The van der Waals surface area contributed by atoms with E-state index in [2.05, 4.69) is 21.3 Å². The highest BCUT2D eigenvalue weighted by molar-refractivity contribution is 5.98. The maximum absolute atomic E-state index is 14.2. The molecule has 9 N–H and O–H groups in total. The molecule has 0 unspecified atom stereocenters. The van der Waals surface area contributed by atoms with Crippen molar-refractivity contribution in [1.29, 1.82) is 0 Å². The van der Waals surface area contributed by atoms with E-state index in [1.165, 1.54) is 14.7 Å². The third-order valence-corrected chi connectivity index (χ3v) is 11.4. The van der Waals surface area contributed by atoms with E-state index < -0.39 is 95.5 Å². The second-order valence-corrected chi connectivity index (χ2v) is 15.4. The summed E-state index contributed by atoms with van der Waals surface area (Å²) in [5.74, 6) is -6.03. The minimum absolute atomic E-state index is 0.0767. The summed E-state index contributed by atoms with van der Waals surface area (Å²) in [6.07, 6.45) is 2.82. The summed E-state index contributed by atoms with van der Waals surface area (Å²) >= 11 is 0. The Hall–Kier alpha value is -5.59. The van der Waals surface area contributed by atoms with Crippen LogP contribution in [-0.4, -0.2) is 142 Å². The molecule has 4 saturated heterocycles. The van der Waals surface area contributed by atoms with E-state index in [1.807, 2.05) is 0 Å². The van der Waals surface area contributed by atoms with Gasteiger partial charge in [0.2, 0.25) is 47.3 Å². The first-order valence-electron chi connectivity index (χ1n) is 20.1. The molecule has 0 spiro atoms. The number of hydrogen-bond donors (Lipinski definition) is 7. The van der Waals surface area contributed by atoms with Crippen molar-refractivity contribution in [2.24, 2.45) is 11.5 Å². The normalized spacial score (nSPS) is 23.1. The second kappa shape index (κ2) is 20.2. The van der Waals surface area contributed by atoms with Gasteiger partial charge in [-0.15, -0.1) is 0 Å².